The Hall–Kier alpha value is -3.31. The van der Waals surface area contributed by atoms with Gasteiger partial charge in [-0.3, -0.25) is 4.79 Å². The molecule has 0 spiro atoms. The maximum atomic E-state index is 12.9. The molecule has 4 N–H and O–H groups in total. The molecule has 5 rings (SSSR count). The fourth-order valence-corrected chi connectivity index (χ4v) is 4.95. The minimum atomic E-state index is -1.22. The van der Waals surface area contributed by atoms with Crippen LogP contribution in [0.1, 0.15) is 34.3 Å². The van der Waals surface area contributed by atoms with Crippen molar-refractivity contribution in [3.8, 4) is 0 Å². The van der Waals surface area contributed by atoms with Crippen LogP contribution in [-0.4, -0.2) is 24.1 Å². The molecule has 0 aromatic heterocycles. The maximum absolute atomic E-state index is 12.9. The molecule has 0 aliphatic carbocycles. The Morgan fingerprint density at radius 1 is 0.900 bits per heavy atom. The molecule has 5 nitrogen and oxygen atoms in total. The van der Waals surface area contributed by atoms with Crippen molar-refractivity contribution >= 4 is 23.0 Å². The number of hydrogen-bond donors (Lipinski definition) is 3. The predicted octanol–water partition coefficient (Wildman–Crippen LogP) is 3.99. The Bertz CT molecular complexity index is 1090. The lowest BCUT2D eigenvalue weighted by molar-refractivity contribution is 0.00559. The van der Waals surface area contributed by atoms with Crippen LogP contribution in [0.15, 0.2) is 72.8 Å². The number of nitrogens with two attached hydrogens (primary N) is 1. The van der Waals surface area contributed by atoms with Gasteiger partial charge in [0.25, 0.3) is 5.91 Å². The van der Waals surface area contributed by atoms with Gasteiger partial charge in [0.2, 0.25) is 0 Å². The number of rotatable bonds is 2. The number of carbonyl (C=O) groups is 1. The second-order valence-corrected chi connectivity index (χ2v) is 8.16. The minimum Gasteiger partial charge on any atom is -0.399 e. The van der Waals surface area contributed by atoms with Gasteiger partial charge in [-0.05, 0) is 55.2 Å². The number of para-hydroxylation sites is 1. The number of anilines is 3. The lowest BCUT2D eigenvalue weighted by Gasteiger charge is -2.43. The first-order chi connectivity index (χ1) is 14.6. The first kappa shape index (κ1) is 18.7. The van der Waals surface area contributed by atoms with E-state index in [1.165, 1.54) is 0 Å². The summed E-state index contributed by atoms with van der Waals surface area (Å²) in [5.41, 5.74) is 9.19. The van der Waals surface area contributed by atoms with E-state index in [1.54, 1.807) is 6.07 Å². The lowest BCUT2D eigenvalue weighted by Crippen LogP contribution is -2.44. The van der Waals surface area contributed by atoms with Gasteiger partial charge in [0.15, 0.2) is 0 Å². The highest BCUT2D eigenvalue weighted by atomic mass is 16.3. The minimum absolute atomic E-state index is 0.00229. The normalized spacial score (nSPS) is 21.4. The number of nitrogen functional groups attached to an aromatic ring is 1. The Morgan fingerprint density at radius 2 is 1.53 bits per heavy atom. The molecule has 2 aliphatic heterocycles. The monoisotopic (exact) mass is 399 g/mol. The molecule has 30 heavy (non-hydrogen) atoms. The van der Waals surface area contributed by atoms with Crippen LogP contribution in [0.4, 0.5) is 17.1 Å². The molecule has 0 radical (unpaired) electrons. The summed E-state index contributed by atoms with van der Waals surface area (Å²) in [5.74, 6) is -0.175. The van der Waals surface area contributed by atoms with E-state index < -0.39 is 5.60 Å². The summed E-state index contributed by atoms with van der Waals surface area (Å²) in [7, 11) is 0. The molecule has 1 saturated heterocycles. The van der Waals surface area contributed by atoms with Gasteiger partial charge in [-0.2, -0.15) is 0 Å². The molecule has 2 aliphatic rings. The molecular weight excluding hydrogens is 374 g/mol. The van der Waals surface area contributed by atoms with E-state index in [9.17, 15) is 9.90 Å². The summed E-state index contributed by atoms with van der Waals surface area (Å²) in [6.07, 6.45) is 1.63. The molecule has 1 unspecified atom stereocenters. The van der Waals surface area contributed by atoms with E-state index in [1.807, 2.05) is 66.7 Å². The van der Waals surface area contributed by atoms with Crippen LogP contribution in [0.2, 0.25) is 0 Å². The third kappa shape index (κ3) is 2.94. The fraction of sp³-hybridized carbons (Fsp3) is 0.240. The van der Waals surface area contributed by atoms with Crippen LogP contribution in [0.5, 0.6) is 0 Å². The van der Waals surface area contributed by atoms with Gasteiger partial charge in [-0.25, -0.2) is 0 Å². The van der Waals surface area contributed by atoms with Crippen molar-refractivity contribution < 1.29 is 9.90 Å². The average Bonchev–Trinajstić information content (AvgIpc) is 2.88. The van der Waals surface area contributed by atoms with E-state index in [2.05, 4.69) is 10.2 Å². The lowest BCUT2D eigenvalue weighted by atomic mass is 9.70. The highest BCUT2D eigenvalue weighted by molar-refractivity contribution is 6.07. The van der Waals surface area contributed by atoms with Gasteiger partial charge in [-0.1, -0.05) is 36.4 Å². The number of carbonyl (C=O) groups excluding carboxylic acids is 1. The zero-order valence-electron chi connectivity index (χ0n) is 16.7. The topological polar surface area (TPSA) is 78.6 Å². The fourth-order valence-electron chi connectivity index (χ4n) is 4.95. The average molecular weight is 399 g/mol. The Kier molecular flexibility index (Phi) is 4.48. The van der Waals surface area contributed by atoms with Gasteiger partial charge in [-0.15, -0.1) is 0 Å². The van der Waals surface area contributed by atoms with Crippen molar-refractivity contribution in [2.24, 2.45) is 5.92 Å². The SMILES string of the molecule is Nc1ccc(N2CCC(C3(O)c4ccccc4NC(=O)c4ccccc43)CC2)cc1. The zero-order valence-corrected chi connectivity index (χ0v) is 16.7. The molecular formula is C25H25N3O2. The number of nitrogens with zero attached hydrogens (tertiary/aromatic N) is 1. The molecule has 152 valence electrons. The maximum Gasteiger partial charge on any atom is 0.256 e. The van der Waals surface area contributed by atoms with Crippen molar-refractivity contribution in [1.82, 2.24) is 0 Å². The van der Waals surface area contributed by atoms with E-state index >= 15 is 0 Å². The molecule has 0 saturated carbocycles. The Morgan fingerprint density at radius 3 is 2.27 bits per heavy atom. The predicted molar refractivity (Wildman–Crippen MR) is 120 cm³/mol. The first-order valence-corrected chi connectivity index (χ1v) is 10.4. The molecule has 1 fully saturated rings. The van der Waals surface area contributed by atoms with Crippen molar-refractivity contribution in [1.29, 1.82) is 0 Å². The standard InChI is InChI=1S/C25H25N3O2/c26-18-9-11-19(12-10-18)28-15-13-17(14-16-28)25(30)21-6-2-1-5-20(21)24(29)27-23-8-4-3-7-22(23)25/h1-12,17,30H,13-16,26H2,(H,27,29). The number of benzene rings is 3. The Labute approximate surface area is 176 Å². The van der Waals surface area contributed by atoms with Gasteiger partial charge >= 0.3 is 0 Å². The van der Waals surface area contributed by atoms with Crippen LogP contribution in [0.25, 0.3) is 0 Å². The summed E-state index contributed by atoms with van der Waals surface area (Å²) in [4.78, 5) is 15.2. The van der Waals surface area contributed by atoms with Gasteiger partial charge < -0.3 is 21.1 Å². The van der Waals surface area contributed by atoms with Crippen LogP contribution in [0, 0.1) is 5.92 Å². The quantitative estimate of drug-likeness (QED) is 0.570. The number of nitrogens with one attached hydrogen (secondary N) is 1. The third-order valence-corrected chi connectivity index (χ3v) is 6.51. The van der Waals surface area contributed by atoms with Crippen molar-refractivity contribution in [3.63, 3.8) is 0 Å². The first-order valence-electron chi connectivity index (χ1n) is 10.4. The Balaban J connectivity index is 1.53. The molecule has 5 heteroatoms. The molecule has 0 bridgehead atoms. The molecule has 1 atom stereocenters. The summed E-state index contributed by atoms with van der Waals surface area (Å²) in [6.45, 7) is 1.67. The van der Waals surface area contributed by atoms with E-state index in [4.69, 9.17) is 5.73 Å². The molecule has 2 heterocycles. The number of amides is 1. The molecule has 1 amide bonds. The number of fused-ring (bicyclic) bond motifs is 2. The molecule has 3 aromatic rings. The van der Waals surface area contributed by atoms with E-state index in [-0.39, 0.29) is 11.8 Å². The number of aliphatic hydroxyl groups is 1. The largest absolute Gasteiger partial charge is 0.399 e. The molecule has 3 aromatic carbocycles. The van der Waals surface area contributed by atoms with Crippen LogP contribution < -0.4 is 16.0 Å². The second kappa shape index (κ2) is 7.18. The van der Waals surface area contributed by atoms with E-state index in [0.717, 1.165) is 42.9 Å². The highest BCUT2D eigenvalue weighted by Gasteiger charge is 2.46. The second-order valence-electron chi connectivity index (χ2n) is 8.16. The van der Waals surface area contributed by atoms with E-state index in [0.29, 0.717) is 16.8 Å². The van der Waals surface area contributed by atoms with Crippen LogP contribution >= 0.6 is 0 Å². The van der Waals surface area contributed by atoms with Gasteiger partial charge in [0.1, 0.15) is 5.60 Å². The van der Waals surface area contributed by atoms with Crippen molar-refractivity contribution in [2.75, 3.05) is 29.0 Å². The van der Waals surface area contributed by atoms with Crippen molar-refractivity contribution in [3.05, 3.63) is 89.5 Å². The number of piperidine rings is 1. The summed E-state index contributed by atoms with van der Waals surface area (Å²) in [6, 6.07) is 23.0. The smallest absolute Gasteiger partial charge is 0.256 e. The number of hydrogen-bond acceptors (Lipinski definition) is 4. The van der Waals surface area contributed by atoms with Gasteiger partial charge in [0.05, 0.1) is 0 Å². The highest BCUT2D eigenvalue weighted by Crippen LogP contribution is 2.47. The summed E-state index contributed by atoms with van der Waals surface area (Å²) in [5, 5.41) is 15.3. The van der Waals surface area contributed by atoms with Crippen molar-refractivity contribution in [2.45, 2.75) is 18.4 Å². The van der Waals surface area contributed by atoms with Gasteiger partial charge in [0, 0.05) is 46.8 Å². The third-order valence-electron chi connectivity index (χ3n) is 6.51. The summed E-state index contributed by atoms with van der Waals surface area (Å²) < 4.78 is 0. The summed E-state index contributed by atoms with van der Waals surface area (Å²) >= 11 is 0. The van der Waals surface area contributed by atoms with Crippen LogP contribution in [0.3, 0.4) is 0 Å². The van der Waals surface area contributed by atoms with Crippen LogP contribution in [-0.2, 0) is 5.60 Å². The zero-order chi connectivity index (χ0) is 20.7.